The lowest BCUT2D eigenvalue weighted by Crippen LogP contribution is -2.52. The van der Waals surface area contributed by atoms with Crippen LogP contribution < -0.4 is 4.74 Å². The van der Waals surface area contributed by atoms with Gasteiger partial charge < -0.3 is 19.5 Å². The molecule has 1 N–H and O–H groups in total. The van der Waals surface area contributed by atoms with Crippen molar-refractivity contribution in [2.45, 2.75) is 52.1 Å². The molecule has 2 aliphatic heterocycles. The van der Waals surface area contributed by atoms with Gasteiger partial charge in [-0.05, 0) is 42.7 Å². The predicted octanol–water partition coefficient (Wildman–Crippen LogP) is 4.08. The van der Waals surface area contributed by atoms with Gasteiger partial charge >= 0.3 is 12.2 Å². The van der Waals surface area contributed by atoms with E-state index in [4.69, 9.17) is 9.47 Å². The number of para-hydroxylation sites is 1. The molecular formula is C22H32N2O5. The highest BCUT2D eigenvalue weighted by atomic mass is 16.6. The molecule has 1 aromatic carbocycles. The highest BCUT2D eigenvalue weighted by Crippen LogP contribution is 2.36. The number of ether oxygens (including phenoxy) is 2. The van der Waals surface area contributed by atoms with E-state index < -0.39 is 6.09 Å². The van der Waals surface area contributed by atoms with Gasteiger partial charge in [0.05, 0.1) is 0 Å². The number of nitrogens with zero attached hydrogens (tertiary/aromatic N) is 2. The molecule has 3 atom stereocenters. The number of carboxylic acid groups (broad SMARTS) is 1. The largest absolute Gasteiger partial charge is 0.491 e. The SMILES string of the molecule is CC(C)(C)C1CC(CCN2C(=O)OCC2COc2ccccc2)CCN1C(=O)O. The molecule has 2 saturated heterocycles. The Hall–Kier alpha value is -2.44. The van der Waals surface area contributed by atoms with Gasteiger partial charge in [-0.3, -0.25) is 4.90 Å². The molecule has 2 fully saturated rings. The van der Waals surface area contributed by atoms with Crippen molar-refractivity contribution in [2.75, 3.05) is 26.3 Å². The van der Waals surface area contributed by atoms with E-state index in [1.165, 1.54) is 0 Å². The Labute approximate surface area is 172 Å². The maximum atomic E-state index is 12.2. The quantitative estimate of drug-likeness (QED) is 0.773. The van der Waals surface area contributed by atoms with Crippen molar-refractivity contribution < 1.29 is 24.2 Å². The summed E-state index contributed by atoms with van der Waals surface area (Å²) in [5.74, 6) is 1.17. The van der Waals surface area contributed by atoms with E-state index in [-0.39, 0.29) is 23.6 Å². The Morgan fingerprint density at radius 2 is 2.00 bits per heavy atom. The molecule has 0 radical (unpaired) electrons. The van der Waals surface area contributed by atoms with Crippen molar-refractivity contribution in [2.24, 2.45) is 11.3 Å². The number of likely N-dealkylation sites (tertiary alicyclic amines) is 1. The van der Waals surface area contributed by atoms with Crippen LogP contribution in [0.4, 0.5) is 9.59 Å². The minimum Gasteiger partial charge on any atom is -0.491 e. The number of rotatable bonds is 6. The summed E-state index contributed by atoms with van der Waals surface area (Å²) in [6.45, 7) is 8.16. The summed E-state index contributed by atoms with van der Waals surface area (Å²) in [7, 11) is 0. The van der Waals surface area contributed by atoms with E-state index in [2.05, 4.69) is 20.8 Å². The lowest BCUT2D eigenvalue weighted by Gasteiger charge is -2.45. The van der Waals surface area contributed by atoms with Gasteiger partial charge in [0.1, 0.15) is 25.0 Å². The van der Waals surface area contributed by atoms with Gasteiger partial charge in [-0.25, -0.2) is 9.59 Å². The summed E-state index contributed by atoms with van der Waals surface area (Å²) in [5.41, 5.74) is -0.115. The van der Waals surface area contributed by atoms with Gasteiger partial charge in [-0.15, -0.1) is 0 Å². The van der Waals surface area contributed by atoms with Crippen LogP contribution in [0, 0.1) is 11.3 Å². The maximum Gasteiger partial charge on any atom is 0.410 e. The molecule has 2 aliphatic rings. The van der Waals surface area contributed by atoms with Gasteiger partial charge in [0.25, 0.3) is 0 Å². The summed E-state index contributed by atoms with van der Waals surface area (Å²) < 4.78 is 11.1. The van der Waals surface area contributed by atoms with Crippen LogP contribution in [0.1, 0.15) is 40.0 Å². The van der Waals surface area contributed by atoms with Crippen molar-refractivity contribution in [1.29, 1.82) is 0 Å². The summed E-state index contributed by atoms with van der Waals surface area (Å²) in [5, 5.41) is 9.53. The van der Waals surface area contributed by atoms with E-state index >= 15 is 0 Å². The number of benzene rings is 1. The number of carbonyl (C=O) groups is 2. The second-order valence-electron chi connectivity index (χ2n) is 9.09. The fourth-order valence-corrected chi connectivity index (χ4v) is 4.28. The third-order valence-electron chi connectivity index (χ3n) is 5.99. The lowest BCUT2D eigenvalue weighted by atomic mass is 9.76. The molecule has 0 aliphatic carbocycles. The normalized spacial score (nSPS) is 25.1. The van der Waals surface area contributed by atoms with E-state index in [9.17, 15) is 14.7 Å². The van der Waals surface area contributed by atoms with Crippen molar-refractivity contribution in [1.82, 2.24) is 9.80 Å². The molecule has 0 aromatic heterocycles. The first-order valence-corrected chi connectivity index (χ1v) is 10.4. The lowest BCUT2D eigenvalue weighted by molar-refractivity contribution is 0.0370. The molecular weight excluding hydrogens is 372 g/mol. The van der Waals surface area contributed by atoms with Crippen LogP contribution in [0.15, 0.2) is 30.3 Å². The highest BCUT2D eigenvalue weighted by molar-refractivity contribution is 5.70. The summed E-state index contributed by atoms with van der Waals surface area (Å²) >= 11 is 0. The molecule has 0 saturated carbocycles. The molecule has 7 nitrogen and oxygen atoms in total. The predicted molar refractivity (Wildman–Crippen MR) is 109 cm³/mol. The minimum atomic E-state index is -0.843. The first kappa shape index (κ1) is 21.3. The first-order valence-electron chi connectivity index (χ1n) is 10.4. The van der Waals surface area contributed by atoms with E-state index in [0.717, 1.165) is 25.0 Å². The molecule has 1 aromatic rings. The van der Waals surface area contributed by atoms with Crippen LogP contribution in [0.3, 0.4) is 0 Å². The summed E-state index contributed by atoms with van der Waals surface area (Å²) in [4.78, 5) is 27.1. The number of amides is 2. The molecule has 2 heterocycles. The van der Waals surface area contributed by atoms with Gasteiger partial charge in [0.2, 0.25) is 0 Å². The Balaban J connectivity index is 1.54. The Morgan fingerprint density at radius 3 is 2.66 bits per heavy atom. The molecule has 160 valence electrons. The molecule has 0 bridgehead atoms. The van der Waals surface area contributed by atoms with Crippen molar-refractivity contribution in [3.63, 3.8) is 0 Å². The smallest absolute Gasteiger partial charge is 0.410 e. The monoisotopic (exact) mass is 404 g/mol. The van der Waals surface area contributed by atoms with Crippen molar-refractivity contribution >= 4 is 12.2 Å². The van der Waals surface area contributed by atoms with Crippen LogP contribution in [0.5, 0.6) is 5.75 Å². The maximum absolute atomic E-state index is 12.2. The number of piperidine rings is 1. The fourth-order valence-electron chi connectivity index (χ4n) is 4.28. The molecule has 7 heteroatoms. The summed E-state index contributed by atoms with van der Waals surface area (Å²) in [6, 6.07) is 9.44. The zero-order valence-electron chi connectivity index (χ0n) is 17.5. The number of cyclic esters (lactones) is 1. The fraction of sp³-hybridized carbons (Fsp3) is 0.636. The topological polar surface area (TPSA) is 79.3 Å². The molecule has 3 rings (SSSR count). The molecule has 29 heavy (non-hydrogen) atoms. The third kappa shape index (κ3) is 5.34. The average Bonchev–Trinajstić information content (AvgIpc) is 3.04. The van der Waals surface area contributed by atoms with Gasteiger partial charge in [-0.2, -0.15) is 0 Å². The van der Waals surface area contributed by atoms with Crippen LogP contribution in [0.2, 0.25) is 0 Å². The third-order valence-corrected chi connectivity index (χ3v) is 5.99. The highest BCUT2D eigenvalue weighted by Gasteiger charge is 2.39. The first-order chi connectivity index (χ1) is 13.8. The summed E-state index contributed by atoms with van der Waals surface area (Å²) in [6.07, 6.45) is 1.36. The second kappa shape index (κ2) is 8.93. The Morgan fingerprint density at radius 1 is 1.28 bits per heavy atom. The minimum absolute atomic E-state index is 0.0125. The van der Waals surface area contributed by atoms with Gasteiger partial charge in [0, 0.05) is 19.1 Å². The molecule has 2 amide bonds. The van der Waals surface area contributed by atoms with Gasteiger partial charge in [0.15, 0.2) is 0 Å². The standard InChI is InChI=1S/C22H32N2O5/c1-22(2,3)19-13-16(10-12-24(19)20(25)26)9-11-23-17(15-29-21(23)27)14-28-18-7-5-4-6-8-18/h4-8,16-17,19H,9-15H2,1-3H3,(H,25,26). The number of hydrogen-bond acceptors (Lipinski definition) is 4. The average molecular weight is 405 g/mol. The van der Waals surface area contributed by atoms with Crippen molar-refractivity contribution in [3.8, 4) is 5.75 Å². The van der Waals surface area contributed by atoms with Crippen molar-refractivity contribution in [3.05, 3.63) is 30.3 Å². The Kier molecular flexibility index (Phi) is 6.55. The molecule has 3 unspecified atom stereocenters. The van der Waals surface area contributed by atoms with E-state index in [1.54, 1.807) is 9.80 Å². The van der Waals surface area contributed by atoms with E-state index in [1.807, 2.05) is 30.3 Å². The number of hydrogen-bond donors (Lipinski definition) is 1. The van der Waals surface area contributed by atoms with Gasteiger partial charge in [-0.1, -0.05) is 39.0 Å². The van der Waals surface area contributed by atoms with Crippen LogP contribution in [-0.4, -0.2) is 65.5 Å². The zero-order valence-corrected chi connectivity index (χ0v) is 17.5. The number of carbonyl (C=O) groups excluding carboxylic acids is 1. The van der Waals surface area contributed by atoms with E-state index in [0.29, 0.717) is 32.2 Å². The van der Waals surface area contributed by atoms with Crippen LogP contribution in [0.25, 0.3) is 0 Å². The zero-order chi connectivity index (χ0) is 21.0. The molecule has 0 spiro atoms. The van der Waals surface area contributed by atoms with Crippen LogP contribution >= 0.6 is 0 Å². The second-order valence-corrected chi connectivity index (χ2v) is 9.09. The Bertz CT molecular complexity index is 703. The van der Waals surface area contributed by atoms with Crippen LogP contribution in [-0.2, 0) is 4.74 Å².